The van der Waals surface area contributed by atoms with E-state index in [0.717, 1.165) is 44.2 Å². The predicted molar refractivity (Wildman–Crippen MR) is 165 cm³/mol. The Bertz CT molecular complexity index is 868. The zero-order valence-corrected chi connectivity index (χ0v) is 24.3. The van der Waals surface area contributed by atoms with Gasteiger partial charge in [0.2, 0.25) is 0 Å². The van der Waals surface area contributed by atoms with Crippen LogP contribution in [-0.4, -0.2) is 39.9 Å². The molecule has 0 spiro atoms. The second kappa shape index (κ2) is 18.3. The molecular formula is C32H51N5O. The quantitative estimate of drug-likeness (QED) is 0.116. The van der Waals surface area contributed by atoms with Crippen molar-refractivity contribution in [3.05, 3.63) is 59.7 Å². The van der Waals surface area contributed by atoms with Gasteiger partial charge in [-0.3, -0.25) is 0 Å². The summed E-state index contributed by atoms with van der Waals surface area (Å²) < 4.78 is 0. The van der Waals surface area contributed by atoms with E-state index in [1.807, 2.05) is 0 Å². The summed E-state index contributed by atoms with van der Waals surface area (Å²) in [5, 5.41) is 4.29. The first-order valence-corrected chi connectivity index (χ1v) is 14.5. The molecule has 0 atom stereocenters. The zero-order chi connectivity index (χ0) is 27.6. The van der Waals surface area contributed by atoms with Gasteiger partial charge < -0.3 is 15.5 Å². The summed E-state index contributed by atoms with van der Waals surface area (Å²) in [5.41, 5.74) is 14.1. The van der Waals surface area contributed by atoms with E-state index < -0.39 is 6.03 Å². The van der Waals surface area contributed by atoms with Gasteiger partial charge in [0.15, 0.2) is 0 Å². The number of aryl methyl sites for hydroxylation is 2. The number of unbranched alkanes of at least 4 members (excludes halogenated alkanes) is 8. The third-order valence-corrected chi connectivity index (χ3v) is 7.09. The van der Waals surface area contributed by atoms with Crippen molar-refractivity contribution < 1.29 is 4.79 Å². The van der Waals surface area contributed by atoms with Crippen LogP contribution in [-0.2, 0) is 12.8 Å². The first kappa shape index (κ1) is 31.2. The number of nitrogens with two attached hydrogens (primary N) is 1. The topological polar surface area (TPSA) is 74.0 Å². The van der Waals surface area contributed by atoms with Crippen LogP contribution >= 0.6 is 0 Å². The molecule has 0 bridgehead atoms. The van der Waals surface area contributed by atoms with Crippen molar-refractivity contribution in [3.8, 4) is 0 Å². The Morgan fingerprint density at radius 3 is 1.37 bits per heavy atom. The molecule has 2 aromatic rings. The number of hydrogen-bond donors (Lipinski definition) is 2. The highest BCUT2D eigenvalue weighted by Gasteiger charge is 2.03. The fourth-order valence-corrected chi connectivity index (χ4v) is 4.67. The van der Waals surface area contributed by atoms with Crippen LogP contribution in [0, 0.1) is 0 Å². The molecule has 6 nitrogen and oxygen atoms in total. The fraction of sp³-hybridized carbons (Fsp3) is 0.562. The third-order valence-electron chi connectivity index (χ3n) is 7.09. The van der Waals surface area contributed by atoms with Crippen molar-refractivity contribution in [1.29, 1.82) is 0 Å². The molecule has 0 unspecified atom stereocenters. The van der Waals surface area contributed by atoms with Gasteiger partial charge in [0.25, 0.3) is 0 Å². The number of primary amides is 1. The van der Waals surface area contributed by atoms with Gasteiger partial charge in [0, 0.05) is 45.3 Å². The predicted octanol–water partition coefficient (Wildman–Crippen LogP) is 7.31. The average Bonchev–Trinajstić information content (AvgIpc) is 2.90. The second-order valence-corrected chi connectivity index (χ2v) is 10.8. The zero-order valence-electron chi connectivity index (χ0n) is 24.3. The lowest BCUT2D eigenvalue weighted by Gasteiger charge is -2.12. The van der Waals surface area contributed by atoms with Crippen LogP contribution in [0.5, 0.6) is 0 Å². The van der Waals surface area contributed by atoms with Crippen LogP contribution in [0.15, 0.2) is 53.6 Å². The number of urea groups is 1. The highest BCUT2D eigenvalue weighted by Crippen LogP contribution is 2.17. The average molecular weight is 522 g/mol. The number of hydrazone groups is 1. The van der Waals surface area contributed by atoms with Gasteiger partial charge >= 0.3 is 6.03 Å². The number of hydrogen-bond acceptors (Lipinski definition) is 4. The van der Waals surface area contributed by atoms with E-state index in [9.17, 15) is 4.79 Å². The summed E-state index contributed by atoms with van der Waals surface area (Å²) >= 11 is 0. The van der Waals surface area contributed by atoms with E-state index in [2.05, 4.69) is 97.0 Å². The van der Waals surface area contributed by atoms with Crippen LogP contribution < -0.4 is 21.0 Å². The van der Waals surface area contributed by atoms with Crippen molar-refractivity contribution in [2.24, 2.45) is 10.8 Å². The number of anilines is 2. The SMILES string of the molecule is CN(C)c1ccc(CCCCCCCC(CCCCCCCc2ccc(N(C)C)cc2)=NNC(N)=O)cc1. The first-order valence-electron chi connectivity index (χ1n) is 14.5. The van der Waals surface area contributed by atoms with Crippen LogP contribution in [0.2, 0.25) is 0 Å². The van der Waals surface area contributed by atoms with Gasteiger partial charge in [-0.05, 0) is 86.8 Å². The smallest absolute Gasteiger partial charge is 0.332 e. The molecule has 2 rings (SSSR count). The van der Waals surface area contributed by atoms with E-state index in [4.69, 9.17) is 5.73 Å². The Labute approximate surface area is 231 Å². The largest absolute Gasteiger partial charge is 0.378 e. The molecule has 0 aliphatic carbocycles. The lowest BCUT2D eigenvalue weighted by atomic mass is 10.0. The van der Waals surface area contributed by atoms with Gasteiger partial charge in [-0.1, -0.05) is 62.8 Å². The molecule has 2 aromatic carbocycles. The Kier molecular flexibility index (Phi) is 15.0. The van der Waals surface area contributed by atoms with Crippen molar-refractivity contribution in [2.75, 3.05) is 38.0 Å². The molecule has 0 aliphatic rings. The molecule has 3 N–H and O–H groups in total. The maximum absolute atomic E-state index is 11.1. The van der Waals surface area contributed by atoms with Crippen molar-refractivity contribution in [3.63, 3.8) is 0 Å². The normalized spacial score (nSPS) is 10.7. The van der Waals surface area contributed by atoms with Gasteiger partial charge in [0.05, 0.1) is 0 Å². The molecule has 38 heavy (non-hydrogen) atoms. The van der Waals surface area contributed by atoms with E-state index in [1.165, 1.54) is 73.9 Å². The van der Waals surface area contributed by atoms with Crippen molar-refractivity contribution in [1.82, 2.24) is 5.43 Å². The molecule has 0 fully saturated rings. The standard InChI is InChI=1S/C32H51N5O/c1-36(2)30-23-19-27(20-24-30)15-11-7-5-9-13-17-29(34-35-32(33)38)18-14-10-6-8-12-16-28-21-25-31(26-22-28)37(3)4/h19-26H,5-18H2,1-4H3,(H3,33,35,38). The maximum Gasteiger partial charge on any atom is 0.332 e. The Morgan fingerprint density at radius 1 is 0.632 bits per heavy atom. The number of carbonyl (C=O) groups is 1. The van der Waals surface area contributed by atoms with Gasteiger partial charge in [-0.25, -0.2) is 10.2 Å². The summed E-state index contributed by atoms with van der Waals surface area (Å²) in [6.07, 6.45) is 16.2. The van der Waals surface area contributed by atoms with Crippen LogP contribution in [0.1, 0.15) is 88.2 Å². The summed E-state index contributed by atoms with van der Waals surface area (Å²) in [4.78, 5) is 15.4. The summed E-state index contributed by atoms with van der Waals surface area (Å²) in [7, 11) is 8.29. The lowest BCUT2D eigenvalue weighted by molar-refractivity contribution is 0.249. The summed E-state index contributed by atoms with van der Waals surface area (Å²) in [6.45, 7) is 0. The van der Waals surface area contributed by atoms with Gasteiger partial charge in [-0.15, -0.1) is 0 Å². The molecule has 0 aromatic heterocycles. The highest BCUT2D eigenvalue weighted by atomic mass is 16.2. The van der Waals surface area contributed by atoms with E-state index in [1.54, 1.807) is 0 Å². The second-order valence-electron chi connectivity index (χ2n) is 10.8. The highest BCUT2D eigenvalue weighted by molar-refractivity contribution is 5.85. The maximum atomic E-state index is 11.1. The third kappa shape index (κ3) is 13.5. The first-order chi connectivity index (χ1) is 18.3. The number of nitrogens with zero attached hydrogens (tertiary/aromatic N) is 3. The molecule has 6 heteroatoms. The molecule has 0 heterocycles. The van der Waals surface area contributed by atoms with Crippen LogP contribution in [0.4, 0.5) is 16.2 Å². The van der Waals surface area contributed by atoms with Crippen LogP contribution in [0.3, 0.4) is 0 Å². The Hall–Kier alpha value is -3.02. The van der Waals surface area contributed by atoms with Gasteiger partial charge in [-0.2, -0.15) is 5.10 Å². The van der Waals surface area contributed by atoms with E-state index in [0.29, 0.717) is 0 Å². The minimum Gasteiger partial charge on any atom is -0.378 e. The molecule has 2 amide bonds. The molecule has 210 valence electrons. The van der Waals surface area contributed by atoms with Crippen molar-refractivity contribution in [2.45, 2.75) is 89.9 Å². The molecular weight excluding hydrogens is 470 g/mol. The number of amides is 2. The molecule has 0 saturated heterocycles. The fourth-order valence-electron chi connectivity index (χ4n) is 4.67. The number of rotatable bonds is 19. The number of benzene rings is 2. The molecule has 0 aliphatic heterocycles. The van der Waals surface area contributed by atoms with Gasteiger partial charge in [0.1, 0.15) is 0 Å². The number of nitrogens with one attached hydrogen (secondary N) is 1. The Balaban J connectivity index is 1.55. The molecule has 0 radical (unpaired) electrons. The minimum absolute atomic E-state index is 0.584. The van der Waals surface area contributed by atoms with E-state index in [-0.39, 0.29) is 0 Å². The minimum atomic E-state index is -0.584. The monoisotopic (exact) mass is 521 g/mol. The summed E-state index contributed by atoms with van der Waals surface area (Å²) in [5.74, 6) is 0. The lowest BCUT2D eigenvalue weighted by Crippen LogP contribution is -2.25. The molecule has 0 saturated carbocycles. The Morgan fingerprint density at radius 2 is 1.00 bits per heavy atom. The van der Waals surface area contributed by atoms with Crippen LogP contribution in [0.25, 0.3) is 0 Å². The number of carbonyl (C=O) groups excluding carboxylic acids is 1. The van der Waals surface area contributed by atoms with Crippen molar-refractivity contribution >= 4 is 23.1 Å². The van der Waals surface area contributed by atoms with E-state index >= 15 is 0 Å². The summed E-state index contributed by atoms with van der Waals surface area (Å²) in [6, 6.07) is 17.2.